The van der Waals surface area contributed by atoms with Crippen molar-refractivity contribution in [1.29, 1.82) is 0 Å². The van der Waals surface area contributed by atoms with E-state index in [1.165, 1.54) is 0 Å². The highest BCUT2D eigenvalue weighted by Gasteiger charge is 2.06. The zero-order valence-corrected chi connectivity index (χ0v) is 11.1. The van der Waals surface area contributed by atoms with E-state index in [1.54, 1.807) is 6.07 Å². The van der Waals surface area contributed by atoms with Gasteiger partial charge in [-0.25, -0.2) is 0 Å². The Bertz CT molecular complexity index is 582. The second-order valence-electron chi connectivity index (χ2n) is 4.56. The average Bonchev–Trinajstić information content (AvgIpc) is 2.48. The Hall–Kier alpha value is -2.33. The lowest BCUT2D eigenvalue weighted by atomic mass is 10.0. The fourth-order valence-electron chi connectivity index (χ4n) is 2.09. The van der Waals surface area contributed by atoms with Crippen LogP contribution in [0, 0.1) is 0 Å². The van der Waals surface area contributed by atoms with E-state index < -0.39 is 5.97 Å². The van der Waals surface area contributed by atoms with E-state index in [9.17, 15) is 9.90 Å². The van der Waals surface area contributed by atoms with Crippen LogP contribution >= 0.6 is 0 Å². The molecule has 0 aromatic heterocycles. The van der Waals surface area contributed by atoms with Crippen molar-refractivity contribution in [3.05, 3.63) is 54.1 Å². The number of rotatable bonds is 5. The lowest BCUT2D eigenvalue weighted by Gasteiger charge is -2.07. The third kappa shape index (κ3) is 3.59. The second-order valence-corrected chi connectivity index (χ2v) is 4.56. The van der Waals surface area contributed by atoms with Crippen LogP contribution < -0.4 is 5.90 Å². The smallest absolute Gasteiger partial charge is 0.324 e. The first-order chi connectivity index (χ1) is 9.70. The first-order valence-corrected chi connectivity index (χ1v) is 6.47. The molecule has 0 radical (unpaired) electrons. The summed E-state index contributed by atoms with van der Waals surface area (Å²) in [5, 5.41) is 10.1. The summed E-state index contributed by atoms with van der Waals surface area (Å²) in [5.74, 6) is 4.59. The van der Waals surface area contributed by atoms with Gasteiger partial charge in [0.25, 0.3) is 0 Å². The molecule has 0 saturated heterocycles. The van der Waals surface area contributed by atoms with Gasteiger partial charge in [-0.15, -0.1) is 0 Å². The number of aryl methyl sites for hydroxylation is 1. The molecule has 0 aliphatic heterocycles. The fourth-order valence-corrected chi connectivity index (χ4v) is 2.09. The Kier molecular flexibility index (Phi) is 4.74. The van der Waals surface area contributed by atoms with Gasteiger partial charge in [0.1, 0.15) is 5.75 Å². The molecule has 0 unspecified atom stereocenters. The van der Waals surface area contributed by atoms with Crippen LogP contribution in [0.3, 0.4) is 0 Å². The van der Waals surface area contributed by atoms with E-state index >= 15 is 0 Å². The van der Waals surface area contributed by atoms with Gasteiger partial charge >= 0.3 is 5.97 Å². The summed E-state index contributed by atoms with van der Waals surface area (Å²) < 4.78 is 0. The van der Waals surface area contributed by atoms with Crippen molar-refractivity contribution in [1.82, 2.24) is 0 Å². The molecule has 0 heterocycles. The first-order valence-electron chi connectivity index (χ1n) is 6.47. The van der Waals surface area contributed by atoms with Crippen molar-refractivity contribution < 1.29 is 14.7 Å². The van der Waals surface area contributed by atoms with Gasteiger partial charge in [0.2, 0.25) is 0 Å². The summed E-state index contributed by atoms with van der Waals surface area (Å²) in [7, 11) is 0. The van der Waals surface area contributed by atoms with Crippen molar-refractivity contribution in [2.24, 2.45) is 5.90 Å². The molecule has 0 bridgehead atoms. The maximum absolute atomic E-state index is 10.9. The maximum Gasteiger partial charge on any atom is 0.324 e. The Balaban J connectivity index is 2.05. The molecule has 4 nitrogen and oxygen atoms in total. The number of nitrogens with two attached hydrogens (primary N) is 1. The normalized spacial score (nSPS) is 10.2. The van der Waals surface area contributed by atoms with E-state index in [2.05, 4.69) is 4.84 Å². The average molecular weight is 271 g/mol. The number of carbonyl (C=O) groups excluding carboxylic acids is 1. The predicted molar refractivity (Wildman–Crippen MR) is 76.8 cm³/mol. The Labute approximate surface area is 117 Å². The van der Waals surface area contributed by atoms with Crippen molar-refractivity contribution in [3.8, 4) is 16.9 Å². The summed E-state index contributed by atoms with van der Waals surface area (Å²) in [6.45, 7) is 0. The molecule has 0 fully saturated rings. The minimum atomic E-state index is -0.421. The molecule has 0 saturated carbocycles. The highest BCUT2D eigenvalue weighted by Crippen LogP contribution is 2.30. The van der Waals surface area contributed by atoms with Gasteiger partial charge in [-0.2, -0.15) is 5.90 Å². The predicted octanol–water partition coefficient (Wildman–Crippen LogP) is 2.80. The second kappa shape index (κ2) is 6.73. The standard InChI is InChI=1S/C16H17NO3/c17-20-16(19)8-4-5-12-9-10-14(15(18)11-12)13-6-2-1-3-7-13/h1-3,6-7,9-11,18H,4-5,8,17H2. The van der Waals surface area contributed by atoms with Crippen molar-refractivity contribution in [2.45, 2.75) is 19.3 Å². The SMILES string of the molecule is NOC(=O)CCCc1ccc(-c2ccccc2)c(O)c1. The minimum absolute atomic E-state index is 0.245. The van der Waals surface area contributed by atoms with Gasteiger partial charge in [0.05, 0.1) is 0 Å². The van der Waals surface area contributed by atoms with Crippen LogP contribution in [0.1, 0.15) is 18.4 Å². The summed E-state index contributed by atoms with van der Waals surface area (Å²) >= 11 is 0. The summed E-state index contributed by atoms with van der Waals surface area (Å²) in [6.07, 6.45) is 1.61. The van der Waals surface area contributed by atoms with E-state index in [4.69, 9.17) is 5.90 Å². The van der Waals surface area contributed by atoms with Crippen LogP contribution in [-0.2, 0) is 16.1 Å². The molecule has 0 amide bonds. The zero-order valence-electron chi connectivity index (χ0n) is 11.1. The van der Waals surface area contributed by atoms with Crippen LogP contribution in [0.2, 0.25) is 0 Å². The van der Waals surface area contributed by atoms with Crippen molar-refractivity contribution in [2.75, 3.05) is 0 Å². The number of phenolic OH excluding ortho intramolecular Hbond substituents is 1. The highest BCUT2D eigenvalue weighted by molar-refractivity contribution is 5.70. The van der Waals surface area contributed by atoms with Crippen molar-refractivity contribution >= 4 is 5.97 Å². The lowest BCUT2D eigenvalue weighted by molar-refractivity contribution is -0.144. The monoisotopic (exact) mass is 271 g/mol. The molecule has 104 valence electrons. The molecular formula is C16H17NO3. The number of carbonyl (C=O) groups is 1. The number of aromatic hydroxyl groups is 1. The van der Waals surface area contributed by atoms with Crippen LogP contribution in [0.4, 0.5) is 0 Å². The largest absolute Gasteiger partial charge is 0.507 e. The molecule has 2 aromatic carbocycles. The molecule has 20 heavy (non-hydrogen) atoms. The minimum Gasteiger partial charge on any atom is -0.507 e. The Morgan fingerprint density at radius 1 is 1.15 bits per heavy atom. The summed E-state index contributed by atoms with van der Waals surface area (Å²) in [6, 6.07) is 15.3. The topological polar surface area (TPSA) is 72.5 Å². The number of hydrogen-bond acceptors (Lipinski definition) is 4. The summed E-state index contributed by atoms with van der Waals surface area (Å²) in [4.78, 5) is 15.0. The van der Waals surface area contributed by atoms with Crippen LogP contribution in [-0.4, -0.2) is 11.1 Å². The molecule has 0 aliphatic carbocycles. The Morgan fingerprint density at radius 3 is 2.55 bits per heavy atom. The van der Waals surface area contributed by atoms with Gasteiger partial charge in [-0.1, -0.05) is 42.5 Å². The molecule has 0 atom stereocenters. The number of phenols is 1. The van der Waals surface area contributed by atoms with Crippen LogP contribution in [0.5, 0.6) is 5.75 Å². The van der Waals surface area contributed by atoms with Crippen molar-refractivity contribution in [3.63, 3.8) is 0 Å². The van der Waals surface area contributed by atoms with Gasteiger partial charge in [0, 0.05) is 12.0 Å². The van der Waals surface area contributed by atoms with E-state index in [1.807, 2.05) is 42.5 Å². The third-order valence-corrected chi connectivity index (χ3v) is 3.12. The molecule has 0 spiro atoms. The van der Waals surface area contributed by atoms with E-state index in [0.717, 1.165) is 16.7 Å². The molecule has 2 aromatic rings. The maximum atomic E-state index is 10.9. The van der Waals surface area contributed by atoms with Crippen LogP contribution in [0.15, 0.2) is 48.5 Å². The Morgan fingerprint density at radius 2 is 1.90 bits per heavy atom. The molecule has 2 rings (SSSR count). The van der Waals surface area contributed by atoms with Crippen LogP contribution in [0.25, 0.3) is 11.1 Å². The van der Waals surface area contributed by atoms with Gasteiger partial charge in [-0.05, 0) is 30.0 Å². The lowest BCUT2D eigenvalue weighted by Crippen LogP contribution is -2.09. The highest BCUT2D eigenvalue weighted by atomic mass is 16.7. The fraction of sp³-hybridized carbons (Fsp3) is 0.188. The molecule has 3 N–H and O–H groups in total. The number of hydrogen-bond donors (Lipinski definition) is 2. The van der Waals surface area contributed by atoms with Gasteiger partial charge < -0.3 is 9.94 Å². The van der Waals surface area contributed by atoms with E-state index in [0.29, 0.717) is 12.8 Å². The number of benzene rings is 2. The first kappa shape index (κ1) is 14.1. The quantitative estimate of drug-likeness (QED) is 0.820. The van der Waals surface area contributed by atoms with Gasteiger partial charge in [0.15, 0.2) is 0 Å². The molecular weight excluding hydrogens is 254 g/mol. The summed E-state index contributed by atoms with van der Waals surface area (Å²) in [5.41, 5.74) is 2.76. The third-order valence-electron chi connectivity index (χ3n) is 3.12. The zero-order chi connectivity index (χ0) is 14.4. The molecule has 0 aliphatic rings. The van der Waals surface area contributed by atoms with E-state index in [-0.39, 0.29) is 12.2 Å². The molecule has 4 heteroatoms. The van der Waals surface area contributed by atoms with Gasteiger partial charge in [-0.3, -0.25) is 4.79 Å².